The Labute approximate surface area is 105 Å². The largest absolute Gasteiger partial charge is 0.388 e. The van der Waals surface area contributed by atoms with Crippen molar-refractivity contribution in [3.63, 3.8) is 0 Å². The summed E-state index contributed by atoms with van der Waals surface area (Å²) in [5.74, 6) is 0. The first-order valence-electron chi connectivity index (χ1n) is 5.93. The standard InChI is InChI=1S/C13H17F2NO2/c14-12(15)10-3-1-2-9(6-10)11(17)13(7-16)4-5-18-8-13/h1-3,6,11-12,17H,4-5,7-8,16H2. The molecule has 2 unspecified atom stereocenters. The molecule has 3 nitrogen and oxygen atoms in total. The molecule has 0 aromatic heterocycles. The van der Waals surface area contributed by atoms with E-state index < -0.39 is 17.9 Å². The fourth-order valence-electron chi connectivity index (χ4n) is 2.33. The molecule has 0 amide bonds. The van der Waals surface area contributed by atoms with E-state index in [1.807, 2.05) is 0 Å². The molecule has 5 heteroatoms. The van der Waals surface area contributed by atoms with Crippen LogP contribution in [0.15, 0.2) is 24.3 Å². The zero-order valence-electron chi connectivity index (χ0n) is 9.98. The van der Waals surface area contributed by atoms with E-state index in [-0.39, 0.29) is 12.1 Å². The second-order valence-corrected chi connectivity index (χ2v) is 4.74. The zero-order chi connectivity index (χ0) is 13.2. The van der Waals surface area contributed by atoms with E-state index in [0.717, 1.165) is 0 Å². The van der Waals surface area contributed by atoms with Crippen LogP contribution in [0.4, 0.5) is 8.78 Å². The van der Waals surface area contributed by atoms with Crippen molar-refractivity contribution in [3.8, 4) is 0 Å². The average Bonchev–Trinajstić information content (AvgIpc) is 2.88. The Kier molecular flexibility index (Phi) is 3.94. The van der Waals surface area contributed by atoms with Crippen LogP contribution in [0.2, 0.25) is 0 Å². The van der Waals surface area contributed by atoms with Crippen LogP contribution in [-0.4, -0.2) is 24.9 Å². The van der Waals surface area contributed by atoms with E-state index in [0.29, 0.717) is 25.2 Å². The van der Waals surface area contributed by atoms with Crippen LogP contribution in [-0.2, 0) is 4.74 Å². The lowest BCUT2D eigenvalue weighted by Crippen LogP contribution is -2.37. The third-order valence-corrected chi connectivity index (χ3v) is 3.60. The average molecular weight is 257 g/mol. The van der Waals surface area contributed by atoms with Crippen molar-refractivity contribution >= 4 is 0 Å². The Morgan fingerprint density at radius 1 is 1.39 bits per heavy atom. The van der Waals surface area contributed by atoms with Crippen LogP contribution in [0, 0.1) is 5.41 Å². The number of hydrogen-bond acceptors (Lipinski definition) is 3. The van der Waals surface area contributed by atoms with Crippen LogP contribution >= 0.6 is 0 Å². The summed E-state index contributed by atoms with van der Waals surface area (Å²) in [6.07, 6.45) is -2.77. The van der Waals surface area contributed by atoms with Gasteiger partial charge in [-0.3, -0.25) is 0 Å². The maximum absolute atomic E-state index is 12.6. The highest BCUT2D eigenvalue weighted by atomic mass is 19.3. The van der Waals surface area contributed by atoms with Crippen LogP contribution in [0.3, 0.4) is 0 Å². The predicted octanol–water partition coefficient (Wildman–Crippen LogP) is 2.02. The first kappa shape index (κ1) is 13.4. The molecule has 0 saturated carbocycles. The molecule has 1 aliphatic heterocycles. The van der Waals surface area contributed by atoms with Gasteiger partial charge in [0.15, 0.2) is 0 Å². The maximum atomic E-state index is 12.6. The third-order valence-electron chi connectivity index (χ3n) is 3.60. The summed E-state index contributed by atoms with van der Waals surface area (Å²) in [4.78, 5) is 0. The second-order valence-electron chi connectivity index (χ2n) is 4.74. The molecule has 3 N–H and O–H groups in total. The molecule has 0 aliphatic carbocycles. The van der Waals surface area contributed by atoms with E-state index in [1.165, 1.54) is 18.2 Å². The van der Waals surface area contributed by atoms with Crippen LogP contribution in [0.5, 0.6) is 0 Å². The van der Waals surface area contributed by atoms with Crippen molar-refractivity contribution in [3.05, 3.63) is 35.4 Å². The van der Waals surface area contributed by atoms with Gasteiger partial charge in [0.1, 0.15) is 0 Å². The fraction of sp³-hybridized carbons (Fsp3) is 0.538. The molecule has 100 valence electrons. The van der Waals surface area contributed by atoms with Gasteiger partial charge in [-0.25, -0.2) is 8.78 Å². The van der Waals surface area contributed by atoms with Gasteiger partial charge < -0.3 is 15.6 Å². The maximum Gasteiger partial charge on any atom is 0.263 e. The highest BCUT2D eigenvalue weighted by Crippen LogP contribution is 2.40. The normalized spacial score (nSPS) is 25.6. The molecule has 1 aromatic carbocycles. The first-order valence-corrected chi connectivity index (χ1v) is 5.93. The van der Waals surface area contributed by atoms with E-state index in [4.69, 9.17) is 10.5 Å². The molecule has 1 fully saturated rings. The Morgan fingerprint density at radius 3 is 2.67 bits per heavy atom. The number of halogens is 2. The first-order chi connectivity index (χ1) is 8.59. The lowest BCUT2D eigenvalue weighted by Gasteiger charge is -2.31. The van der Waals surface area contributed by atoms with Crippen LogP contribution in [0.1, 0.15) is 30.1 Å². The number of aliphatic hydroxyl groups excluding tert-OH is 1. The smallest absolute Gasteiger partial charge is 0.263 e. The van der Waals surface area contributed by atoms with Crippen molar-refractivity contribution in [1.82, 2.24) is 0 Å². The second kappa shape index (κ2) is 5.30. The van der Waals surface area contributed by atoms with Gasteiger partial charge in [-0.15, -0.1) is 0 Å². The highest BCUT2D eigenvalue weighted by Gasteiger charge is 2.41. The van der Waals surface area contributed by atoms with Gasteiger partial charge in [0.05, 0.1) is 12.7 Å². The Balaban J connectivity index is 2.27. The molecular weight excluding hydrogens is 240 g/mol. The third kappa shape index (κ3) is 2.39. The van der Waals surface area contributed by atoms with Crippen molar-refractivity contribution in [2.75, 3.05) is 19.8 Å². The van der Waals surface area contributed by atoms with E-state index in [1.54, 1.807) is 6.07 Å². The highest BCUT2D eigenvalue weighted by molar-refractivity contribution is 5.27. The molecular formula is C13H17F2NO2. The molecule has 0 bridgehead atoms. The zero-order valence-corrected chi connectivity index (χ0v) is 9.98. The monoisotopic (exact) mass is 257 g/mol. The van der Waals surface area contributed by atoms with Crippen LogP contribution in [0.25, 0.3) is 0 Å². The van der Waals surface area contributed by atoms with Gasteiger partial charge in [-0.2, -0.15) is 0 Å². The number of ether oxygens (including phenoxy) is 1. The molecule has 2 atom stereocenters. The number of rotatable bonds is 4. The summed E-state index contributed by atoms with van der Waals surface area (Å²) >= 11 is 0. The molecule has 0 radical (unpaired) electrons. The van der Waals surface area contributed by atoms with E-state index >= 15 is 0 Å². The molecule has 0 spiro atoms. The quantitative estimate of drug-likeness (QED) is 0.867. The molecule has 1 saturated heterocycles. The predicted molar refractivity (Wildman–Crippen MR) is 63.3 cm³/mol. The minimum Gasteiger partial charge on any atom is -0.388 e. The molecule has 1 heterocycles. The van der Waals surface area contributed by atoms with Gasteiger partial charge in [0.2, 0.25) is 0 Å². The molecule has 2 rings (SSSR count). The van der Waals surface area contributed by atoms with Crippen LogP contribution < -0.4 is 5.73 Å². The van der Waals surface area contributed by atoms with E-state index in [9.17, 15) is 13.9 Å². The summed E-state index contributed by atoms with van der Waals surface area (Å²) in [6, 6.07) is 5.86. The number of benzene rings is 1. The van der Waals surface area contributed by atoms with Crippen molar-refractivity contribution in [1.29, 1.82) is 0 Å². The molecule has 1 aromatic rings. The van der Waals surface area contributed by atoms with E-state index in [2.05, 4.69) is 0 Å². The lowest BCUT2D eigenvalue weighted by molar-refractivity contribution is 0.0188. The number of nitrogens with two attached hydrogens (primary N) is 1. The summed E-state index contributed by atoms with van der Waals surface area (Å²) in [7, 11) is 0. The van der Waals surface area contributed by atoms with Gasteiger partial charge in [-0.1, -0.05) is 18.2 Å². The fourth-order valence-corrected chi connectivity index (χ4v) is 2.33. The van der Waals surface area contributed by atoms with Gasteiger partial charge in [0, 0.05) is 24.1 Å². The minimum atomic E-state index is -2.54. The Hall–Kier alpha value is -1.04. The van der Waals surface area contributed by atoms with Gasteiger partial charge in [0.25, 0.3) is 6.43 Å². The Bertz CT molecular complexity index is 406. The van der Waals surface area contributed by atoms with Crippen molar-refractivity contribution in [2.45, 2.75) is 19.0 Å². The number of aliphatic hydroxyl groups is 1. The number of alkyl halides is 2. The SMILES string of the molecule is NCC1(C(O)c2cccc(C(F)F)c2)CCOC1. The summed E-state index contributed by atoms with van der Waals surface area (Å²) in [5.41, 5.74) is 5.55. The summed E-state index contributed by atoms with van der Waals surface area (Å²) < 4.78 is 30.6. The Morgan fingerprint density at radius 2 is 2.11 bits per heavy atom. The topological polar surface area (TPSA) is 55.5 Å². The van der Waals surface area contributed by atoms with Gasteiger partial charge >= 0.3 is 0 Å². The summed E-state index contributed by atoms with van der Waals surface area (Å²) in [5, 5.41) is 10.4. The van der Waals surface area contributed by atoms with Crippen molar-refractivity contribution in [2.24, 2.45) is 11.1 Å². The summed E-state index contributed by atoms with van der Waals surface area (Å²) in [6.45, 7) is 1.18. The molecule has 18 heavy (non-hydrogen) atoms. The lowest BCUT2D eigenvalue weighted by atomic mass is 9.78. The number of hydrogen-bond donors (Lipinski definition) is 2. The molecule has 1 aliphatic rings. The van der Waals surface area contributed by atoms with Gasteiger partial charge in [-0.05, 0) is 18.1 Å². The minimum absolute atomic E-state index is 0.0855. The van der Waals surface area contributed by atoms with Crippen molar-refractivity contribution < 1.29 is 18.6 Å².